The summed E-state index contributed by atoms with van der Waals surface area (Å²) in [7, 11) is 0. The van der Waals surface area contributed by atoms with Crippen molar-refractivity contribution in [2.75, 3.05) is 0 Å². The minimum Gasteiger partial charge on any atom is -0.481 e. The lowest BCUT2D eigenvalue weighted by atomic mass is 10.1. The number of benzene rings is 1. The molecule has 186 valence electrons. The van der Waals surface area contributed by atoms with E-state index in [1.54, 1.807) is 12.1 Å². The fourth-order valence-electron chi connectivity index (χ4n) is 3.23. The van der Waals surface area contributed by atoms with Crippen LogP contribution in [-0.4, -0.2) is 28.1 Å². The number of hydrogen-bond donors (Lipinski definition) is 2. The average molecular weight is 463 g/mol. The summed E-state index contributed by atoms with van der Waals surface area (Å²) in [6, 6.07) is 5.98. The molecule has 0 unspecified atom stereocenters. The molecule has 1 rings (SSSR count). The number of rotatable bonds is 17. The molecule has 0 atom stereocenters. The number of carboxylic acids is 2. The molecule has 0 aliphatic heterocycles. The smallest absolute Gasteiger partial charge is 0.339 e. The van der Waals surface area contributed by atoms with E-state index in [9.17, 15) is 14.4 Å². The van der Waals surface area contributed by atoms with Crippen molar-refractivity contribution >= 4 is 17.9 Å². The topological polar surface area (TPSA) is 101 Å². The number of aliphatic carboxylic acids is 1. The number of unbranched alkanes of at least 4 members (excludes halogenated alkanes) is 11. The number of aromatic carboxylic acids is 1. The first-order valence-electron chi connectivity index (χ1n) is 12.3. The Morgan fingerprint density at radius 3 is 1.82 bits per heavy atom. The highest BCUT2D eigenvalue weighted by atomic mass is 16.5. The molecule has 0 aliphatic rings. The van der Waals surface area contributed by atoms with E-state index in [0.29, 0.717) is 6.42 Å². The Balaban J connectivity index is 0.000000676. The molecule has 6 nitrogen and oxygen atoms in total. The van der Waals surface area contributed by atoms with Crippen molar-refractivity contribution in [3.63, 3.8) is 0 Å². The third kappa shape index (κ3) is 19.8. The van der Waals surface area contributed by atoms with Crippen LogP contribution in [0.1, 0.15) is 114 Å². The number of para-hydroxylation sites is 1. The summed E-state index contributed by atoms with van der Waals surface area (Å²) in [6.07, 6.45) is 21.2. The number of allylic oxidation sites excluding steroid dienone is 2. The maximum Gasteiger partial charge on any atom is 0.339 e. The second kappa shape index (κ2) is 21.2. The fourth-order valence-corrected chi connectivity index (χ4v) is 3.23. The summed E-state index contributed by atoms with van der Waals surface area (Å²) in [5.74, 6) is -2.24. The van der Waals surface area contributed by atoms with Crippen molar-refractivity contribution < 1.29 is 29.3 Å². The van der Waals surface area contributed by atoms with E-state index in [2.05, 4.69) is 23.8 Å². The van der Waals surface area contributed by atoms with Gasteiger partial charge in [-0.05, 0) is 44.2 Å². The van der Waals surface area contributed by atoms with Gasteiger partial charge in [0.2, 0.25) is 0 Å². The first-order chi connectivity index (χ1) is 15.9. The predicted molar refractivity (Wildman–Crippen MR) is 132 cm³/mol. The molecule has 0 spiro atoms. The van der Waals surface area contributed by atoms with Crippen LogP contribution in [-0.2, 0) is 9.59 Å². The Morgan fingerprint density at radius 1 is 0.788 bits per heavy atom. The van der Waals surface area contributed by atoms with Gasteiger partial charge >= 0.3 is 17.9 Å². The molecule has 2 N–H and O–H groups in total. The van der Waals surface area contributed by atoms with Crippen molar-refractivity contribution in [1.29, 1.82) is 0 Å². The normalized spacial score (nSPS) is 10.5. The van der Waals surface area contributed by atoms with E-state index in [1.807, 2.05) is 0 Å². The molecule has 0 bridgehead atoms. The lowest BCUT2D eigenvalue weighted by Crippen LogP contribution is -2.06. The largest absolute Gasteiger partial charge is 0.481 e. The second-order valence-corrected chi connectivity index (χ2v) is 8.12. The number of hydrogen-bond acceptors (Lipinski definition) is 4. The lowest BCUT2D eigenvalue weighted by molar-refractivity contribution is -0.137. The van der Waals surface area contributed by atoms with Crippen molar-refractivity contribution in [2.24, 2.45) is 0 Å². The van der Waals surface area contributed by atoms with Gasteiger partial charge in [0, 0.05) is 13.3 Å². The van der Waals surface area contributed by atoms with Gasteiger partial charge in [0.25, 0.3) is 0 Å². The maximum absolute atomic E-state index is 10.6. The fraction of sp³-hybridized carbons (Fsp3) is 0.593. The highest BCUT2D eigenvalue weighted by molar-refractivity contribution is 5.91. The number of carbonyl (C=O) groups is 3. The molecule has 0 saturated heterocycles. The van der Waals surface area contributed by atoms with E-state index in [-0.39, 0.29) is 11.3 Å². The van der Waals surface area contributed by atoms with E-state index < -0.39 is 17.9 Å². The lowest BCUT2D eigenvalue weighted by Gasteiger charge is -2.03. The van der Waals surface area contributed by atoms with Gasteiger partial charge in [-0.1, -0.05) is 82.6 Å². The molecule has 1 aromatic carbocycles. The minimum atomic E-state index is -1.11. The number of carbonyl (C=O) groups excluding carboxylic acids is 1. The van der Waals surface area contributed by atoms with Gasteiger partial charge in [0.15, 0.2) is 0 Å². The highest BCUT2D eigenvalue weighted by Gasteiger charge is 2.11. The summed E-state index contributed by atoms with van der Waals surface area (Å²) in [6.45, 7) is 3.48. The van der Waals surface area contributed by atoms with E-state index in [4.69, 9.17) is 10.2 Å². The molecule has 0 fully saturated rings. The summed E-state index contributed by atoms with van der Waals surface area (Å²) < 4.78 is 4.69. The van der Waals surface area contributed by atoms with E-state index in [0.717, 1.165) is 12.8 Å². The van der Waals surface area contributed by atoms with Gasteiger partial charge in [-0.25, -0.2) is 4.79 Å². The quantitative estimate of drug-likeness (QED) is 0.108. The molecule has 6 heteroatoms. The molecule has 0 aromatic heterocycles. The van der Waals surface area contributed by atoms with Gasteiger partial charge in [0.05, 0.1) is 0 Å². The number of esters is 1. The molecule has 0 aliphatic carbocycles. The first kappa shape index (κ1) is 30.4. The van der Waals surface area contributed by atoms with Crippen LogP contribution < -0.4 is 4.74 Å². The van der Waals surface area contributed by atoms with Gasteiger partial charge in [-0.2, -0.15) is 0 Å². The maximum atomic E-state index is 10.6. The zero-order valence-corrected chi connectivity index (χ0v) is 20.4. The van der Waals surface area contributed by atoms with Crippen LogP contribution in [0, 0.1) is 0 Å². The summed E-state index contributed by atoms with van der Waals surface area (Å²) in [4.78, 5) is 31.5. The Bertz CT molecular complexity index is 696. The van der Waals surface area contributed by atoms with Crippen LogP contribution in [0.2, 0.25) is 0 Å². The van der Waals surface area contributed by atoms with Crippen LogP contribution in [0.5, 0.6) is 5.75 Å². The van der Waals surface area contributed by atoms with Crippen LogP contribution in [0.15, 0.2) is 36.4 Å². The standard InChI is InChI=1S/C18H34O2.C9H8O4/c1-2-3-4-5-6-7-8-9-10-11-12-13-14-15-16-17-18(19)20;1-6(10)13-8-5-3-2-4-7(8)9(11)12/h9-10H,2-8,11-17H2,1H3,(H,19,20);2-5H,1H3,(H,11,12)/b10-9-;. The average Bonchev–Trinajstić information content (AvgIpc) is 2.76. The number of carboxylic acid groups (broad SMARTS) is 2. The molecular weight excluding hydrogens is 420 g/mol. The van der Waals surface area contributed by atoms with Crippen molar-refractivity contribution in [3.8, 4) is 5.75 Å². The van der Waals surface area contributed by atoms with Crippen LogP contribution in [0.4, 0.5) is 0 Å². The van der Waals surface area contributed by atoms with E-state index >= 15 is 0 Å². The minimum absolute atomic E-state index is 0.0160. The van der Waals surface area contributed by atoms with Gasteiger partial charge < -0.3 is 14.9 Å². The third-order valence-corrected chi connectivity index (χ3v) is 5.02. The first-order valence-corrected chi connectivity index (χ1v) is 12.3. The van der Waals surface area contributed by atoms with Gasteiger partial charge in [-0.15, -0.1) is 0 Å². The summed E-state index contributed by atoms with van der Waals surface area (Å²) in [5, 5.41) is 17.2. The van der Waals surface area contributed by atoms with Crippen molar-refractivity contribution in [2.45, 2.75) is 104 Å². The third-order valence-electron chi connectivity index (χ3n) is 5.02. The molecule has 0 amide bonds. The summed E-state index contributed by atoms with van der Waals surface area (Å²) >= 11 is 0. The molecule has 0 heterocycles. The Hall–Kier alpha value is -2.63. The molecule has 0 saturated carbocycles. The van der Waals surface area contributed by atoms with E-state index in [1.165, 1.54) is 89.7 Å². The van der Waals surface area contributed by atoms with Crippen LogP contribution >= 0.6 is 0 Å². The molecular formula is C27H42O6. The SMILES string of the molecule is CC(=O)Oc1ccccc1C(=O)O.CCCCCCCC/C=C\CCCCCCCC(=O)O. The second-order valence-electron chi connectivity index (χ2n) is 8.12. The molecule has 33 heavy (non-hydrogen) atoms. The predicted octanol–water partition coefficient (Wildman–Crippen LogP) is 7.42. The summed E-state index contributed by atoms with van der Waals surface area (Å²) in [5.41, 5.74) is -0.0160. The van der Waals surface area contributed by atoms with Gasteiger partial charge in [0.1, 0.15) is 11.3 Å². The highest BCUT2D eigenvalue weighted by Crippen LogP contribution is 2.17. The Kier molecular flexibility index (Phi) is 19.5. The van der Waals surface area contributed by atoms with Crippen molar-refractivity contribution in [3.05, 3.63) is 42.0 Å². The zero-order valence-electron chi connectivity index (χ0n) is 20.4. The number of ether oxygens (including phenoxy) is 1. The van der Waals surface area contributed by atoms with Crippen molar-refractivity contribution in [1.82, 2.24) is 0 Å². The Labute approximate surface area is 199 Å². The zero-order chi connectivity index (χ0) is 24.7. The monoisotopic (exact) mass is 462 g/mol. The van der Waals surface area contributed by atoms with Crippen LogP contribution in [0.3, 0.4) is 0 Å². The molecule has 1 aromatic rings. The molecule has 0 radical (unpaired) electrons. The van der Waals surface area contributed by atoms with Gasteiger partial charge in [-0.3, -0.25) is 9.59 Å². The Morgan fingerprint density at radius 2 is 1.30 bits per heavy atom. The van der Waals surface area contributed by atoms with Crippen LogP contribution in [0.25, 0.3) is 0 Å².